The lowest BCUT2D eigenvalue weighted by atomic mass is 10.1. The van der Waals surface area contributed by atoms with E-state index < -0.39 is 0 Å². The first-order valence-electron chi connectivity index (χ1n) is 7.35. The zero-order chi connectivity index (χ0) is 13.5. The third-order valence-electron chi connectivity index (χ3n) is 3.77. The van der Waals surface area contributed by atoms with Crippen molar-refractivity contribution in [1.82, 2.24) is 10.3 Å². The first kappa shape index (κ1) is 14.8. The van der Waals surface area contributed by atoms with Gasteiger partial charge in [0, 0.05) is 29.8 Å². The summed E-state index contributed by atoms with van der Waals surface area (Å²) in [4.78, 5) is 4.35. The molecule has 0 aromatic carbocycles. The Bertz CT molecular complexity index is 387. The van der Waals surface area contributed by atoms with Gasteiger partial charge in [0.2, 0.25) is 0 Å². The molecule has 0 atom stereocenters. The summed E-state index contributed by atoms with van der Waals surface area (Å²) in [7, 11) is 0. The molecule has 1 aromatic heterocycles. The second-order valence-electron chi connectivity index (χ2n) is 5.39. The number of hydrogen-bond donors (Lipinski definition) is 2. The van der Waals surface area contributed by atoms with E-state index in [0.29, 0.717) is 0 Å². The smallest absolute Gasteiger partial charge is 0.126 e. The summed E-state index contributed by atoms with van der Waals surface area (Å²) in [5.41, 5.74) is 1.22. The number of halogens is 1. The first-order valence-corrected chi connectivity index (χ1v) is 8.14. The van der Waals surface area contributed by atoms with Crippen molar-refractivity contribution in [3.63, 3.8) is 0 Å². The number of anilines is 1. The lowest BCUT2D eigenvalue weighted by Crippen LogP contribution is -2.32. The Hall–Kier alpha value is -0.610. The summed E-state index contributed by atoms with van der Waals surface area (Å²) in [6.45, 7) is 4.03. The Morgan fingerprint density at radius 3 is 2.63 bits per heavy atom. The molecule has 2 N–H and O–H groups in total. The molecule has 106 valence electrons. The molecule has 0 amide bonds. The molecule has 0 saturated heterocycles. The fourth-order valence-corrected chi connectivity index (χ4v) is 2.80. The lowest BCUT2D eigenvalue weighted by Gasteiger charge is -2.16. The van der Waals surface area contributed by atoms with Crippen LogP contribution in [-0.2, 0) is 0 Å². The summed E-state index contributed by atoms with van der Waals surface area (Å²) in [5.74, 6) is 0.961. The predicted molar refractivity (Wildman–Crippen MR) is 84.7 cm³/mol. The second kappa shape index (κ2) is 7.85. The van der Waals surface area contributed by atoms with Gasteiger partial charge >= 0.3 is 0 Å². The minimum Gasteiger partial charge on any atom is -0.369 e. The van der Waals surface area contributed by atoms with Gasteiger partial charge in [0.15, 0.2) is 0 Å². The van der Waals surface area contributed by atoms with Gasteiger partial charge in [0.1, 0.15) is 5.82 Å². The Morgan fingerprint density at radius 2 is 1.95 bits per heavy atom. The number of nitrogens with zero attached hydrogens (tertiary/aromatic N) is 1. The number of rotatable bonds is 5. The minimum atomic E-state index is 0.726. The third kappa shape index (κ3) is 5.11. The van der Waals surface area contributed by atoms with Crippen molar-refractivity contribution in [1.29, 1.82) is 0 Å². The van der Waals surface area contributed by atoms with Crippen LogP contribution in [0.25, 0.3) is 0 Å². The van der Waals surface area contributed by atoms with Gasteiger partial charge in [-0.2, -0.15) is 0 Å². The highest BCUT2D eigenvalue weighted by molar-refractivity contribution is 9.10. The van der Waals surface area contributed by atoms with Crippen molar-refractivity contribution >= 4 is 21.7 Å². The largest absolute Gasteiger partial charge is 0.369 e. The van der Waals surface area contributed by atoms with Gasteiger partial charge in [-0.1, -0.05) is 25.7 Å². The number of aryl methyl sites for hydroxylation is 1. The molecule has 1 aliphatic rings. The van der Waals surface area contributed by atoms with Gasteiger partial charge in [-0.3, -0.25) is 0 Å². The number of pyridine rings is 1. The highest BCUT2D eigenvalue weighted by atomic mass is 79.9. The predicted octanol–water partition coefficient (Wildman–Crippen LogP) is 3.88. The normalized spacial score (nSPS) is 17.2. The third-order valence-corrected chi connectivity index (χ3v) is 4.60. The fourth-order valence-electron chi connectivity index (χ4n) is 2.59. The van der Waals surface area contributed by atoms with E-state index in [1.165, 1.54) is 44.1 Å². The molecule has 3 nitrogen and oxygen atoms in total. The molecule has 0 radical (unpaired) electrons. The van der Waals surface area contributed by atoms with Crippen LogP contribution in [0.4, 0.5) is 5.82 Å². The molecule has 1 saturated carbocycles. The average Bonchev–Trinajstić information content (AvgIpc) is 2.67. The number of nitrogens with one attached hydrogen (secondary N) is 2. The van der Waals surface area contributed by atoms with Gasteiger partial charge in [-0.15, -0.1) is 0 Å². The minimum absolute atomic E-state index is 0.726. The van der Waals surface area contributed by atoms with Crippen LogP contribution in [0.5, 0.6) is 0 Å². The van der Waals surface area contributed by atoms with E-state index in [-0.39, 0.29) is 0 Å². The SMILES string of the molecule is Cc1cc(NCCNC2CCCCCC2)ncc1Br. The molecule has 1 heterocycles. The average molecular weight is 326 g/mol. The number of hydrogen-bond acceptors (Lipinski definition) is 3. The summed E-state index contributed by atoms with van der Waals surface area (Å²) in [6.07, 6.45) is 10.1. The second-order valence-corrected chi connectivity index (χ2v) is 6.24. The van der Waals surface area contributed by atoms with E-state index in [4.69, 9.17) is 0 Å². The summed E-state index contributed by atoms with van der Waals surface area (Å²) >= 11 is 3.47. The maximum absolute atomic E-state index is 4.35. The van der Waals surface area contributed by atoms with Crippen LogP contribution in [0.1, 0.15) is 44.1 Å². The van der Waals surface area contributed by atoms with Crippen molar-refractivity contribution in [3.05, 3.63) is 22.3 Å². The van der Waals surface area contributed by atoms with E-state index in [1.54, 1.807) is 0 Å². The highest BCUT2D eigenvalue weighted by Crippen LogP contribution is 2.18. The van der Waals surface area contributed by atoms with Crippen molar-refractivity contribution < 1.29 is 0 Å². The highest BCUT2D eigenvalue weighted by Gasteiger charge is 2.10. The van der Waals surface area contributed by atoms with Crippen LogP contribution in [0.2, 0.25) is 0 Å². The molecule has 1 aliphatic carbocycles. The summed E-state index contributed by atoms with van der Waals surface area (Å²) in [5, 5.41) is 7.03. The maximum Gasteiger partial charge on any atom is 0.126 e. The van der Waals surface area contributed by atoms with Crippen LogP contribution in [0.3, 0.4) is 0 Å². The molecule has 0 spiro atoms. The summed E-state index contributed by atoms with van der Waals surface area (Å²) in [6, 6.07) is 2.80. The summed E-state index contributed by atoms with van der Waals surface area (Å²) < 4.78 is 1.06. The van der Waals surface area contributed by atoms with Crippen molar-refractivity contribution in [2.45, 2.75) is 51.5 Å². The molecule has 19 heavy (non-hydrogen) atoms. The zero-order valence-electron chi connectivity index (χ0n) is 11.7. The Morgan fingerprint density at radius 1 is 1.21 bits per heavy atom. The van der Waals surface area contributed by atoms with Crippen LogP contribution in [0.15, 0.2) is 16.7 Å². The van der Waals surface area contributed by atoms with Crippen LogP contribution in [0, 0.1) is 6.92 Å². The fraction of sp³-hybridized carbons (Fsp3) is 0.667. The maximum atomic E-state index is 4.35. The molecule has 0 bridgehead atoms. The molecule has 1 fully saturated rings. The van der Waals surface area contributed by atoms with E-state index >= 15 is 0 Å². The number of aromatic nitrogens is 1. The monoisotopic (exact) mass is 325 g/mol. The Balaban J connectivity index is 1.67. The topological polar surface area (TPSA) is 37.0 Å². The zero-order valence-corrected chi connectivity index (χ0v) is 13.3. The van der Waals surface area contributed by atoms with E-state index in [0.717, 1.165) is 29.4 Å². The van der Waals surface area contributed by atoms with E-state index in [1.807, 2.05) is 6.20 Å². The van der Waals surface area contributed by atoms with Crippen LogP contribution in [-0.4, -0.2) is 24.1 Å². The quantitative estimate of drug-likeness (QED) is 0.637. The van der Waals surface area contributed by atoms with Gasteiger partial charge in [0.25, 0.3) is 0 Å². The molecule has 1 aromatic rings. The van der Waals surface area contributed by atoms with Gasteiger partial charge in [0.05, 0.1) is 0 Å². The van der Waals surface area contributed by atoms with E-state index in [9.17, 15) is 0 Å². The van der Waals surface area contributed by atoms with Crippen molar-refractivity contribution in [3.8, 4) is 0 Å². The Labute approximate surface area is 124 Å². The molecule has 0 aliphatic heterocycles. The lowest BCUT2D eigenvalue weighted by molar-refractivity contribution is 0.468. The molecular weight excluding hydrogens is 302 g/mol. The van der Waals surface area contributed by atoms with Crippen LogP contribution < -0.4 is 10.6 Å². The van der Waals surface area contributed by atoms with E-state index in [2.05, 4.69) is 44.5 Å². The van der Waals surface area contributed by atoms with Crippen molar-refractivity contribution in [2.75, 3.05) is 18.4 Å². The first-order chi connectivity index (χ1) is 9.25. The van der Waals surface area contributed by atoms with Crippen molar-refractivity contribution in [2.24, 2.45) is 0 Å². The van der Waals surface area contributed by atoms with Gasteiger partial charge in [-0.05, 0) is 47.3 Å². The van der Waals surface area contributed by atoms with Gasteiger partial charge in [-0.25, -0.2) is 4.98 Å². The van der Waals surface area contributed by atoms with Gasteiger partial charge < -0.3 is 10.6 Å². The van der Waals surface area contributed by atoms with Crippen LogP contribution >= 0.6 is 15.9 Å². The molecule has 4 heteroatoms. The molecular formula is C15H24BrN3. The molecule has 2 rings (SSSR count). The standard InChI is InChI=1S/C15H24BrN3/c1-12-10-15(19-11-14(12)16)18-9-8-17-13-6-4-2-3-5-7-13/h10-11,13,17H,2-9H2,1H3,(H,18,19). The Kier molecular flexibility index (Phi) is 6.11. The molecule has 0 unspecified atom stereocenters.